The van der Waals surface area contributed by atoms with E-state index in [-0.39, 0.29) is 5.91 Å². The molecule has 0 aliphatic heterocycles. The van der Waals surface area contributed by atoms with Crippen molar-refractivity contribution in [3.8, 4) is 16.3 Å². The zero-order chi connectivity index (χ0) is 20.4. The Kier molecular flexibility index (Phi) is 5.31. The van der Waals surface area contributed by atoms with Crippen LogP contribution in [-0.2, 0) is 7.05 Å². The first-order chi connectivity index (χ1) is 14.0. The van der Waals surface area contributed by atoms with E-state index in [0.717, 1.165) is 33.0 Å². The maximum Gasteiger partial charge on any atom is 0.252 e. The number of rotatable bonds is 6. The number of para-hydroxylation sites is 1. The number of fused-ring (bicyclic) bond motifs is 1. The Balaban J connectivity index is 1.56. The molecule has 3 heterocycles. The van der Waals surface area contributed by atoms with E-state index in [2.05, 4.69) is 10.4 Å². The molecule has 0 fully saturated rings. The number of benzene rings is 1. The van der Waals surface area contributed by atoms with Crippen molar-refractivity contribution in [2.75, 3.05) is 13.2 Å². The molecule has 1 amide bonds. The highest BCUT2D eigenvalue weighted by Gasteiger charge is 2.19. The second kappa shape index (κ2) is 8.05. The third kappa shape index (κ3) is 3.86. The summed E-state index contributed by atoms with van der Waals surface area (Å²) in [5.74, 6) is 0.677. The van der Waals surface area contributed by atoms with E-state index >= 15 is 0 Å². The van der Waals surface area contributed by atoms with Crippen molar-refractivity contribution in [3.63, 3.8) is 0 Å². The standard InChI is InChI=1S/C22H22N4O2S/c1-14-7-4-5-8-18(14)28-11-10-23-22(27)16-13-17(19-9-6-12-29-19)24-21-20(16)15(2)25-26(21)3/h4-9,12-13H,10-11H2,1-3H3,(H,23,27). The average molecular weight is 407 g/mol. The summed E-state index contributed by atoms with van der Waals surface area (Å²) in [4.78, 5) is 18.7. The predicted molar refractivity (Wildman–Crippen MR) is 116 cm³/mol. The number of thiophene rings is 1. The molecule has 0 aliphatic rings. The molecule has 0 saturated carbocycles. The average Bonchev–Trinajstić information content (AvgIpc) is 3.34. The zero-order valence-electron chi connectivity index (χ0n) is 16.6. The van der Waals surface area contributed by atoms with Crippen LogP contribution in [0.5, 0.6) is 5.75 Å². The number of carbonyl (C=O) groups is 1. The Morgan fingerprint density at radius 1 is 1.21 bits per heavy atom. The van der Waals surface area contributed by atoms with Crippen molar-refractivity contribution < 1.29 is 9.53 Å². The largest absolute Gasteiger partial charge is 0.491 e. The highest BCUT2D eigenvalue weighted by molar-refractivity contribution is 7.13. The van der Waals surface area contributed by atoms with E-state index in [1.807, 2.05) is 68.7 Å². The number of hydrogen-bond acceptors (Lipinski definition) is 5. The van der Waals surface area contributed by atoms with Crippen LogP contribution >= 0.6 is 11.3 Å². The minimum atomic E-state index is -0.153. The topological polar surface area (TPSA) is 69.0 Å². The second-order valence-corrected chi connectivity index (χ2v) is 7.76. The fraction of sp³-hybridized carbons (Fsp3) is 0.227. The van der Waals surface area contributed by atoms with Gasteiger partial charge in [-0.25, -0.2) is 4.98 Å². The number of amides is 1. The van der Waals surface area contributed by atoms with Crippen molar-refractivity contribution in [1.82, 2.24) is 20.1 Å². The highest BCUT2D eigenvalue weighted by Crippen LogP contribution is 2.29. The summed E-state index contributed by atoms with van der Waals surface area (Å²) < 4.78 is 7.50. The number of pyridine rings is 1. The summed E-state index contributed by atoms with van der Waals surface area (Å²) in [5, 5.41) is 10.2. The summed E-state index contributed by atoms with van der Waals surface area (Å²) in [6.07, 6.45) is 0. The molecule has 0 aliphatic carbocycles. The number of hydrogen-bond donors (Lipinski definition) is 1. The number of nitrogens with one attached hydrogen (secondary N) is 1. The molecule has 0 atom stereocenters. The number of aryl methyl sites for hydroxylation is 3. The van der Waals surface area contributed by atoms with Gasteiger partial charge in [-0.05, 0) is 43.0 Å². The summed E-state index contributed by atoms with van der Waals surface area (Å²) >= 11 is 1.59. The number of aromatic nitrogens is 3. The first kappa shape index (κ1) is 19.1. The van der Waals surface area contributed by atoms with E-state index in [4.69, 9.17) is 9.72 Å². The fourth-order valence-corrected chi connectivity index (χ4v) is 4.00. The molecule has 148 valence electrons. The summed E-state index contributed by atoms with van der Waals surface area (Å²) in [7, 11) is 1.85. The summed E-state index contributed by atoms with van der Waals surface area (Å²) in [6.45, 7) is 4.70. The molecule has 4 rings (SSSR count). The summed E-state index contributed by atoms with van der Waals surface area (Å²) in [6, 6.07) is 13.7. The van der Waals surface area contributed by atoms with Gasteiger partial charge in [0, 0.05) is 7.05 Å². The van der Waals surface area contributed by atoms with Gasteiger partial charge in [-0.2, -0.15) is 5.10 Å². The van der Waals surface area contributed by atoms with Crippen LogP contribution in [0, 0.1) is 13.8 Å². The normalized spacial score (nSPS) is 11.0. The van der Waals surface area contributed by atoms with Crippen LogP contribution in [0.1, 0.15) is 21.6 Å². The van der Waals surface area contributed by atoms with Gasteiger partial charge in [-0.15, -0.1) is 11.3 Å². The lowest BCUT2D eigenvalue weighted by Crippen LogP contribution is -2.28. The van der Waals surface area contributed by atoms with Gasteiger partial charge >= 0.3 is 0 Å². The van der Waals surface area contributed by atoms with Crippen molar-refractivity contribution in [2.24, 2.45) is 7.05 Å². The molecule has 0 unspecified atom stereocenters. The Morgan fingerprint density at radius 3 is 2.79 bits per heavy atom. The molecule has 6 nitrogen and oxygen atoms in total. The Hall–Kier alpha value is -3.19. The Labute approximate surface area is 173 Å². The van der Waals surface area contributed by atoms with Gasteiger partial charge in [0.2, 0.25) is 0 Å². The van der Waals surface area contributed by atoms with E-state index in [9.17, 15) is 4.79 Å². The maximum atomic E-state index is 13.0. The predicted octanol–water partition coefficient (Wildman–Crippen LogP) is 4.12. The van der Waals surface area contributed by atoms with Gasteiger partial charge in [-0.3, -0.25) is 9.48 Å². The minimum Gasteiger partial charge on any atom is -0.491 e. The van der Waals surface area contributed by atoms with E-state index in [1.54, 1.807) is 16.0 Å². The molecule has 29 heavy (non-hydrogen) atoms. The number of ether oxygens (including phenoxy) is 1. The molecular weight excluding hydrogens is 384 g/mol. The van der Waals surface area contributed by atoms with Crippen molar-refractivity contribution in [3.05, 3.63) is 64.7 Å². The van der Waals surface area contributed by atoms with E-state index in [1.165, 1.54) is 0 Å². The molecule has 4 aromatic rings. The Morgan fingerprint density at radius 2 is 2.03 bits per heavy atom. The third-order valence-corrected chi connectivity index (χ3v) is 5.62. The van der Waals surface area contributed by atoms with Gasteiger partial charge in [-0.1, -0.05) is 24.3 Å². The highest BCUT2D eigenvalue weighted by atomic mass is 32.1. The van der Waals surface area contributed by atoms with Gasteiger partial charge in [0.05, 0.1) is 33.8 Å². The molecule has 0 radical (unpaired) electrons. The molecule has 3 aromatic heterocycles. The zero-order valence-corrected chi connectivity index (χ0v) is 17.4. The van der Waals surface area contributed by atoms with Gasteiger partial charge in [0.15, 0.2) is 5.65 Å². The van der Waals surface area contributed by atoms with Crippen molar-refractivity contribution >= 4 is 28.3 Å². The SMILES string of the molecule is Cc1ccccc1OCCNC(=O)c1cc(-c2cccs2)nc2c1c(C)nn2C. The van der Waals surface area contributed by atoms with Crippen LogP contribution in [0.3, 0.4) is 0 Å². The molecule has 0 saturated heterocycles. The second-order valence-electron chi connectivity index (χ2n) is 6.81. The smallest absolute Gasteiger partial charge is 0.252 e. The molecule has 0 spiro atoms. The van der Waals surface area contributed by atoms with Crippen LogP contribution in [0.4, 0.5) is 0 Å². The molecular formula is C22H22N4O2S. The first-order valence-electron chi connectivity index (χ1n) is 9.39. The van der Waals surface area contributed by atoms with Crippen LogP contribution in [0.15, 0.2) is 47.8 Å². The third-order valence-electron chi connectivity index (χ3n) is 4.73. The minimum absolute atomic E-state index is 0.153. The first-order valence-corrected chi connectivity index (χ1v) is 10.3. The molecule has 1 N–H and O–H groups in total. The lowest BCUT2D eigenvalue weighted by Gasteiger charge is -2.11. The Bertz CT molecular complexity index is 1170. The van der Waals surface area contributed by atoms with Crippen molar-refractivity contribution in [1.29, 1.82) is 0 Å². The summed E-state index contributed by atoms with van der Waals surface area (Å²) in [5.41, 5.74) is 3.92. The molecule has 7 heteroatoms. The number of carbonyl (C=O) groups excluding carboxylic acids is 1. The van der Waals surface area contributed by atoms with Crippen LogP contribution < -0.4 is 10.1 Å². The van der Waals surface area contributed by atoms with Gasteiger partial charge in [0.25, 0.3) is 5.91 Å². The molecule has 0 bridgehead atoms. The van der Waals surface area contributed by atoms with Crippen LogP contribution in [-0.4, -0.2) is 33.8 Å². The van der Waals surface area contributed by atoms with E-state index < -0.39 is 0 Å². The van der Waals surface area contributed by atoms with Crippen LogP contribution in [0.25, 0.3) is 21.6 Å². The van der Waals surface area contributed by atoms with Crippen molar-refractivity contribution in [2.45, 2.75) is 13.8 Å². The maximum absolute atomic E-state index is 13.0. The lowest BCUT2D eigenvalue weighted by molar-refractivity contribution is 0.0948. The van der Waals surface area contributed by atoms with E-state index in [0.29, 0.717) is 24.4 Å². The number of nitrogens with zero attached hydrogens (tertiary/aromatic N) is 3. The quantitative estimate of drug-likeness (QED) is 0.489. The molecule has 1 aromatic carbocycles. The monoisotopic (exact) mass is 406 g/mol. The van der Waals surface area contributed by atoms with Gasteiger partial charge in [0.1, 0.15) is 12.4 Å². The van der Waals surface area contributed by atoms with Crippen LogP contribution in [0.2, 0.25) is 0 Å². The van der Waals surface area contributed by atoms with Gasteiger partial charge < -0.3 is 10.1 Å². The lowest BCUT2D eigenvalue weighted by atomic mass is 10.1. The fourth-order valence-electron chi connectivity index (χ4n) is 3.31.